The largest absolute Gasteiger partial charge is 0.497 e. The van der Waals surface area contributed by atoms with Crippen LogP contribution in [0.3, 0.4) is 0 Å². The van der Waals surface area contributed by atoms with Crippen LogP contribution in [0.15, 0.2) is 77.9 Å². The summed E-state index contributed by atoms with van der Waals surface area (Å²) in [6.07, 6.45) is 4.38. The lowest BCUT2D eigenvalue weighted by molar-refractivity contribution is -0.116. The van der Waals surface area contributed by atoms with Crippen LogP contribution in [0.25, 0.3) is 22.4 Å². The normalized spacial score (nSPS) is 11.0. The molecular formula is C28H28N6O4. The molecule has 1 N–H and O–H groups in total. The Bertz CT molecular complexity index is 1640. The van der Waals surface area contributed by atoms with E-state index < -0.39 is 0 Å². The summed E-state index contributed by atoms with van der Waals surface area (Å²) in [6.45, 7) is 2.11. The molecular weight excluding hydrogens is 484 g/mol. The molecule has 10 heteroatoms. The van der Waals surface area contributed by atoms with Gasteiger partial charge in [0.2, 0.25) is 5.91 Å². The van der Waals surface area contributed by atoms with Crippen molar-refractivity contribution in [2.45, 2.75) is 26.3 Å². The van der Waals surface area contributed by atoms with Gasteiger partial charge in [0.1, 0.15) is 22.4 Å². The fourth-order valence-corrected chi connectivity index (χ4v) is 4.39. The summed E-state index contributed by atoms with van der Waals surface area (Å²) in [6, 6.07) is 18.7. The molecule has 0 spiro atoms. The molecule has 194 valence electrons. The lowest BCUT2D eigenvalue weighted by atomic mass is 10.2. The molecule has 0 aliphatic rings. The van der Waals surface area contributed by atoms with Gasteiger partial charge in [-0.1, -0.05) is 18.2 Å². The number of methoxy groups -OCH3 is 2. The number of amides is 1. The Morgan fingerprint density at radius 2 is 1.74 bits per heavy atom. The number of anilines is 1. The van der Waals surface area contributed by atoms with Crippen molar-refractivity contribution in [3.63, 3.8) is 0 Å². The maximum Gasteiger partial charge on any atom is 0.280 e. The second-order valence-electron chi connectivity index (χ2n) is 8.72. The van der Waals surface area contributed by atoms with E-state index in [1.807, 2.05) is 66.3 Å². The van der Waals surface area contributed by atoms with Gasteiger partial charge in [-0.25, -0.2) is 9.36 Å². The summed E-state index contributed by atoms with van der Waals surface area (Å²) in [5.41, 5.74) is 2.28. The summed E-state index contributed by atoms with van der Waals surface area (Å²) in [4.78, 5) is 26.3. The lowest BCUT2D eigenvalue weighted by Gasteiger charge is -2.12. The first kappa shape index (κ1) is 24.8. The van der Waals surface area contributed by atoms with Crippen LogP contribution in [0, 0.1) is 6.92 Å². The zero-order valence-corrected chi connectivity index (χ0v) is 21.4. The van der Waals surface area contributed by atoms with E-state index in [1.54, 1.807) is 30.0 Å². The summed E-state index contributed by atoms with van der Waals surface area (Å²) < 4.78 is 15.6. The van der Waals surface area contributed by atoms with Crippen molar-refractivity contribution in [1.82, 2.24) is 24.1 Å². The molecule has 0 fully saturated rings. The van der Waals surface area contributed by atoms with E-state index in [0.29, 0.717) is 46.0 Å². The van der Waals surface area contributed by atoms with Crippen molar-refractivity contribution in [1.29, 1.82) is 0 Å². The molecule has 0 radical (unpaired) electrons. The molecule has 0 unspecified atom stereocenters. The first-order valence-corrected chi connectivity index (χ1v) is 12.2. The highest BCUT2D eigenvalue weighted by Crippen LogP contribution is 2.29. The molecule has 0 bridgehead atoms. The fraction of sp³-hybridized carbons (Fsp3) is 0.214. The second kappa shape index (κ2) is 10.6. The van der Waals surface area contributed by atoms with Crippen LogP contribution in [0.5, 0.6) is 11.5 Å². The van der Waals surface area contributed by atoms with Crippen molar-refractivity contribution in [3.05, 3.63) is 89.1 Å². The molecule has 0 saturated heterocycles. The number of aromatic nitrogens is 5. The van der Waals surface area contributed by atoms with Gasteiger partial charge < -0.3 is 19.4 Å². The number of benzene rings is 2. The third-order valence-electron chi connectivity index (χ3n) is 6.23. The molecule has 2 aromatic carbocycles. The molecule has 3 heterocycles. The van der Waals surface area contributed by atoms with Gasteiger partial charge in [0, 0.05) is 31.4 Å². The number of hydrogen-bond donors (Lipinski definition) is 1. The van der Waals surface area contributed by atoms with Gasteiger partial charge in [-0.15, -0.1) is 0 Å². The molecule has 5 aromatic rings. The summed E-state index contributed by atoms with van der Waals surface area (Å²) in [7, 11) is 3.10. The molecule has 3 aromatic heterocycles. The van der Waals surface area contributed by atoms with Gasteiger partial charge in [0.25, 0.3) is 5.56 Å². The van der Waals surface area contributed by atoms with Gasteiger partial charge in [-0.2, -0.15) is 10.2 Å². The zero-order chi connectivity index (χ0) is 26.6. The predicted molar refractivity (Wildman–Crippen MR) is 145 cm³/mol. The van der Waals surface area contributed by atoms with Gasteiger partial charge in [0.15, 0.2) is 5.82 Å². The van der Waals surface area contributed by atoms with E-state index in [4.69, 9.17) is 14.6 Å². The highest BCUT2D eigenvalue weighted by atomic mass is 16.5. The van der Waals surface area contributed by atoms with Crippen LogP contribution in [0.2, 0.25) is 0 Å². The molecule has 5 rings (SSSR count). The van der Waals surface area contributed by atoms with E-state index in [2.05, 4.69) is 10.4 Å². The monoisotopic (exact) mass is 512 g/mol. The third-order valence-corrected chi connectivity index (χ3v) is 6.23. The Hall–Kier alpha value is -4.86. The number of fused-ring (bicyclic) bond motifs is 1. The van der Waals surface area contributed by atoms with Crippen molar-refractivity contribution in [3.8, 4) is 23.0 Å². The quantitative estimate of drug-likeness (QED) is 0.319. The van der Waals surface area contributed by atoms with E-state index >= 15 is 0 Å². The number of carbonyl (C=O) groups is 1. The van der Waals surface area contributed by atoms with Crippen molar-refractivity contribution >= 4 is 22.5 Å². The number of hydrogen-bond acceptors (Lipinski definition) is 6. The van der Waals surface area contributed by atoms with E-state index in [1.165, 1.54) is 11.8 Å². The van der Waals surface area contributed by atoms with Gasteiger partial charge in [-0.3, -0.25) is 9.59 Å². The van der Waals surface area contributed by atoms with Gasteiger partial charge >= 0.3 is 0 Å². The Balaban J connectivity index is 1.42. The molecule has 0 saturated carbocycles. The summed E-state index contributed by atoms with van der Waals surface area (Å²) >= 11 is 0. The molecule has 0 atom stereocenters. The van der Waals surface area contributed by atoms with E-state index in [9.17, 15) is 9.59 Å². The van der Waals surface area contributed by atoms with Crippen molar-refractivity contribution < 1.29 is 14.3 Å². The number of nitrogens with zero attached hydrogens (tertiary/aromatic N) is 5. The van der Waals surface area contributed by atoms with Crippen molar-refractivity contribution in [2.24, 2.45) is 0 Å². The molecule has 10 nitrogen and oxygen atoms in total. The zero-order valence-electron chi connectivity index (χ0n) is 21.4. The number of para-hydroxylation sites is 1. The smallest absolute Gasteiger partial charge is 0.280 e. The summed E-state index contributed by atoms with van der Waals surface area (Å²) in [5.74, 6) is 1.58. The number of carbonyl (C=O) groups excluding carboxylic acids is 1. The van der Waals surface area contributed by atoms with Crippen LogP contribution < -0.4 is 20.3 Å². The Kier molecular flexibility index (Phi) is 6.94. The average Bonchev–Trinajstić information content (AvgIpc) is 3.60. The maximum atomic E-state index is 13.7. The summed E-state index contributed by atoms with van der Waals surface area (Å²) in [5, 5.41) is 12.6. The molecule has 1 amide bonds. The number of aryl methyl sites for hydroxylation is 2. The van der Waals surface area contributed by atoms with E-state index in [-0.39, 0.29) is 24.4 Å². The number of ether oxygens (including phenoxy) is 2. The Labute approximate surface area is 219 Å². The van der Waals surface area contributed by atoms with Crippen LogP contribution in [-0.2, 0) is 11.3 Å². The minimum Gasteiger partial charge on any atom is -0.497 e. The SMILES string of the molecule is COc1ccc(OC)c(NC(=O)CCCn2nc(C)c3nn(-c4ccccc4)c(-n4cccc4)c3c2=O)c1. The Morgan fingerprint density at radius 1 is 0.974 bits per heavy atom. The number of nitrogens with one attached hydrogen (secondary N) is 1. The van der Waals surface area contributed by atoms with Crippen LogP contribution >= 0.6 is 0 Å². The second-order valence-corrected chi connectivity index (χ2v) is 8.72. The van der Waals surface area contributed by atoms with Gasteiger partial charge in [0.05, 0.1) is 31.3 Å². The average molecular weight is 513 g/mol. The van der Waals surface area contributed by atoms with Crippen LogP contribution in [-0.4, -0.2) is 44.3 Å². The van der Waals surface area contributed by atoms with Gasteiger partial charge in [-0.05, 0) is 49.7 Å². The maximum absolute atomic E-state index is 13.7. The highest BCUT2D eigenvalue weighted by Gasteiger charge is 2.21. The number of rotatable bonds is 9. The Morgan fingerprint density at radius 3 is 2.45 bits per heavy atom. The van der Waals surface area contributed by atoms with Crippen LogP contribution in [0.1, 0.15) is 18.5 Å². The third kappa shape index (κ3) is 4.75. The molecule has 38 heavy (non-hydrogen) atoms. The predicted octanol–water partition coefficient (Wildman–Crippen LogP) is 4.12. The van der Waals surface area contributed by atoms with Crippen molar-refractivity contribution in [2.75, 3.05) is 19.5 Å². The first-order chi connectivity index (χ1) is 18.5. The van der Waals surface area contributed by atoms with Crippen LogP contribution in [0.4, 0.5) is 5.69 Å². The lowest BCUT2D eigenvalue weighted by Crippen LogP contribution is -2.25. The fourth-order valence-electron chi connectivity index (χ4n) is 4.39. The van der Waals surface area contributed by atoms with E-state index in [0.717, 1.165) is 5.69 Å². The minimum atomic E-state index is -0.258. The first-order valence-electron chi connectivity index (χ1n) is 12.2. The minimum absolute atomic E-state index is 0.194. The highest BCUT2D eigenvalue weighted by molar-refractivity contribution is 5.92. The molecule has 0 aliphatic carbocycles. The standard InChI is InChI=1S/C28H28N6O4/c1-19-26-25(27(32-15-7-8-16-32)34(31-26)20-10-5-4-6-11-20)28(36)33(30-19)17-9-12-24(35)29-22-18-21(37-2)13-14-23(22)38-3/h4-8,10-11,13-16,18H,9,12,17H2,1-3H3,(H,29,35). The molecule has 0 aliphatic heterocycles. The topological polar surface area (TPSA) is 105 Å².